The molecule has 2 N–H and O–H groups in total. The highest BCUT2D eigenvalue weighted by atomic mass is 32.2. The molecule has 33 heavy (non-hydrogen) atoms. The first-order valence-corrected chi connectivity index (χ1v) is 11.3. The number of aromatic nitrogens is 1. The number of carboxylic acid groups (broad SMARTS) is 2. The summed E-state index contributed by atoms with van der Waals surface area (Å²) in [5.41, 5.74) is 0.517. The van der Waals surface area contributed by atoms with Gasteiger partial charge in [-0.1, -0.05) is 30.3 Å². The van der Waals surface area contributed by atoms with Crippen LogP contribution in [0.5, 0.6) is 0 Å². The highest BCUT2D eigenvalue weighted by molar-refractivity contribution is 7.89. The van der Waals surface area contributed by atoms with Gasteiger partial charge in [-0.3, -0.25) is 9.78 Å². The van der Waals surface area contributed by atoms with Gasteiger partial charge < -0.3 is 15.1 Å². The van der Waals surface area contributed by atoms with Gasteiger partial charge in [0.2, 0.25) is 10.0 Å². The van der Waals surface area contributed by atoms with Crippen molar-refractivity contribution < 1.29 is 33.0 Å². The molecule has 1 saturated heterocycles. The summed E-state index contributed by atoms with van der Waals surface area (Å²) < 4.78 is 27.4. The average molecular weight is 471 g/mol. The van der Waals surface area contributed by atoms with Crippen molar-refractivity contribution in [2.45, 2.75) is 4.90 Å². The van der Waals surface area contributed by atoms with E-state index in [9.17, 15) is 13.2 Å². The number of pyridine rings is 1. The zero-order valence-electron chi connectivity index (χ0n) is 17.4. The highest BCUT2D eigenvalue weighted by Gasteiger charge is 2.30. The predicted octanol–water partition coefficient (Wildman–Crippen LogP) is 1.54. The molecule has 0 radical (unpaired) electrons. The van der Waals surface area contributed by atoms with E-state index in [0.29, 0.717) is 18.7 Å². The van der Waals surface area contributed by atoms with Crippen molar-refractivity contribution in [1.82, 2.24) is 14.2 Å². The molecule has 0 bridgehead atoms. The molecule has 0 aliphatic carbocycles. The number of sulfonamides is 1. The summed E-state index contributed by atoms with van der Waals surface area (Å²) in [6.45, 7) is 1.28. The van der Waals surface area contributed by atoms with Crippen molar-refractivity contribution in [2.75, 3.05) is 26.2 Å². The first-order chi connectivity index (χ1) is 15.7. The molecule has 1 fully saturated rings. The van der Waals surface area contributed by atoms with Crippen LogP contribution >= 0.6 is 0 Å². The molecule has 2 aromatic carbocycles. The maximum absolute atomic E-state index is 13.0. The van der Waals surface area contributed by atoms with Crippen molar-refractivity contribution >= 4 is 38.6 Å². The number of aliphatic carboxylic acids is 2. The molecule has 0 saturated carbocycles. The number of nitrogens with zero attached hydrogens (tertiary/aromatic N) is 3. The maximum atomic E-state index is 13.0. The molecular formula is C22H21N3O7S. The summed E-state index contributed by atoms with van der Waals surface area (Å²) in [4.78, 5) is 36.6. The third kappa shape index (κ3) is 5.70. The third-order valence-electron chi connectivity index (χ3n) is 4.98. The molecule has 1 aliphatic rings. The lowest BCUT2D eigenvalue weighted by molar-refractivity contribution is -0.159. The van der Waals surface area contributed by atoms with Gasteiger partial charge in [0.25, 0.3) is 5.91 Å². The SMILES string of the molecule is O=C(O)C(=O)O.O=C(c1cccnc1)N1CCN(S(=O)(=O)c2ccc3ccccc3c2)CC1. The van der Waals surface area contributed by atoms with Gasteiger partial charge in [0.1, 0.15) is 0 Å². The van der Waals surface area contributed by atoms with Crippen LogP contribution in [0.25, 0.3) is 10.8 Å². The Hall–Kier alpha value is -3.83. The Morgan fingerprint density at radius 3 is 2.03 bits per heavy atom. The van der Waals surface area contributed by atoms with E-state index in [1.54, 1.807) is 35.4 Å². The van der Waals surface area contributed by atoms with E-state index in [1.165, 1.54) is 10.5 Å². The molecule has 3 aromatic rings. The molecular weight excluding hydrogens is 450 g/mol. The van der Waals surface area contributed by atoms with Crippen LogP contribution < -0.4 is 0 Å². The van der Waals surface area contributed by atoms with E-state index >= 15 is 0 Å². The molecule has 10 nitrogen and oxygen atoms in total. The van der Waals surface area contributed by atoms with E-state index in [-0.39, 0.29) is 23.9 Å². The molecule has 0 unspecified atom stereocenters. The number of carboxylic acids is 2. The van der Waals surface area contributed by atoms with Crippen LogP contribution in [0, 0.1) is 0 Å². The summed E-state index contributed by atoms with van der Waals surface area (Å²) in [5, 5.41) is 16.7. The maximum Gasteiger partial charge on any atom is 0.414 e. The molecule has 1 aliphatic heterocycles. The number of piperazine rings is 1. The molecule has 2 heterocycles. The molecule has 4 rings (SSSR count). The van der Waals surface area contributed by atoms with Gasteiger partial charge in [-0.15, -0.1) is 0 Å². The van der Waals surface area contributed by atoms with Crippen LogP contribution in [0.4, 0.5) is 0 Å². The van der Waals surface area contributed by atoms with Crippen LogP contribution in [0.3, 0.4) is 0 Å². The number of hydrogen-bond donors (Lipinski definition) is 2. The normalized spacial score (nSPS) is 14.2. The van der Waals surface area contributed by atoms with Crippen molar-refractivity contribution in [1.29, 1.82) is 0 Å². The Balaban J connectivity index is 0.000000454. The fraction of sp³-hybridized carbons (Fsp3) is 0.182. The van der Waals surface area contributed by atoms with Crippen LogP contribution in [-0.2, 0) is 19.6 Å². The zero-order chi connectivity index (χ0) is 24.0. The third-order valence-corrected chi connectivity index (χ3v) is 6.87. The minimum absolute atomic E-state index is 0.120. The smallest absolute Gasteiger partial charge is 0.414 e. The molecule has 172 valence electrons. The Kier molecular flexibility index (Phi) is 7.36. The van der Waals surface area contributed by atoms with E-state index in [2.05, 4.69) is 4.98 Å². The second-order valence-electron chi connectivity index (χ2n) is 7.06. The number of amides is 1. The van der Waals surface area contributed by atoms with Gasteiger partial charge in [-0.25, -0.2) is 18.0 Å². The average Bonchev–Trinajstić information content (AvgIpc) is 2.84. The fourth-order valence-corrected chi connectivity index (χ4v) is 4.74. The Morgan fingerprint density at radius 1 is 0.818 bits per heavy atom. The van der Waals surface area contributed by atoms with E-state index < -0.39 is 22.0 Å². The summed E-state index contributed by atoms with van der Waals surface area (Å²) in [6, 6.07) is 16.3. The number of hydrogen-bond acceptors (Lipinski definition) is 6. The quantitative estimate of drug-likeness (QED) is 0.547. The zero-order valence-corrected chi connectivity index (χ0v) is 18.2. The van der Waals surface area contributed by atoms with Crippen LogP contribution in [0.1, 0.15) is 10.4 Å². The van der Waals surface area contributed by atoms with E-state index in [0.717, 1.165) is 10.8 Å². The number of fused-ring (bicyclic) bond motifs is 1. The Bertz CT molecular complexity index is 1260. The standard InChI is InChI=1S/C20H19N3O3S.C2H2O4/c24-20(18-6-3-9-21-15-18)22-10-12-23(13-11-22)27(25,26)19-8-7-16-4-1-2-5-17(16)14-19;3-1(4)2(5)6/h1-9,14-15H,10-13H2;(H,3,4)(H,5,6). The summed E-state index contributed by atoms with van der Waals surface area (Å²) in [5.74, 6) is -3.77. The monoisotopic (exact) mass is 471 g/mol. The lowest BCUT2D eigenvalue weighted by atomic mass is 10.1. The van der Waals surface area contributed by atoms with Crippen molar-refractivity contribution in [2.24, 2.45) is 0 Å². The Morgan fingerprint density at radius 2 is 1.45 bits per heavy atom. The predicted molar refractivity (Wildman–Crippen MR) is 118 cm³/mol. The molecule has 1 aromatic heterocycles. The molecule has 0 atom stereocenters. The molecule has 11 heteroatoms. The minimum atomic E-state index is -3.58. The van der Waals surface area contributed by atoms with Gasteiger partial charge in [-0.2, -0.15) is 4.31 Å². The van der Waals surface area contributed by atoms with Crippen molar-refractivity contribution in [3.63, 3.8) is 0 Å². The van der Waals surface area contributed by atoms with Crippen LogP contribution in [0.2, 0.25) is 0 Å². The first-order valence-electron chi connectivity index (χ1n) is 9.84. The largest absolute Gasteiger partial charge is 0.473 e. The van der Waals surface area contributed by atoms with Gasteiger partial charge >= 0.3 is 11.9 Å². The second-order valence-corrected chi connectivity index (χ2v) is 9.00. The second kappa shape index (κ2) is 10.2. The summed E-state index contributed by atoms with van der Waals surface area (Å²) >= 11 is 0. The fourth-order valence-electron chi connectivity index (χ4n) is 3.28. The van der Waals surface area contributed by atoms with Crippen LogP contribution in [0.15, 0.2) is 71.9 Å². The summed E-state index contributed by atoms with van der Waals surface area (Å²) in [7, 11) is -3.58. The number of rotatable bonds is 3. The van der Waals surface area contributed by atoms with E-state index in [4.69, 9.17) is 19.8 Å². The first kappa shape index (κ1) is 23.8. The van der Waals surface area contributed by atoms with Gasteiger partial charge in [0, 0.05) is 38.6 Å². The number of carbonyl (C=O) groups excluding carboxylic acids is 1. The number of carbonyl (C=O) groups is 3. The minimum Gasteiger partial charge on any atom is -0.473 e. The van der Waals surface area contributed by atoms with Gasteiger partial charge in [0.15, 0.2) is 0 Å². The van der Waals surface area contributed by atoms with Gasteiger partial charge in [-0.05, 0) is 35.0 Å². The lowest BCUT2D eigenvalue weighted by Gasteiger charge is -2.34. The lowest BCUT2D eigenvalue weighted by Crippen LogP contribution is -2.50. The highest BCUT2D eigenvalue weighted by Crippen LogP contribution is 2.23. The van der Waals surface area contributed by atoms with Gasteiger partial charge in [0.05, 0.1) is 10.5 Å². The van der Waals surface area contributed by atoms with Crippen molar-refractivity contribution in [3.8, 4) is 0 Å². The van der Waals surface area contributed by atoms with Crippen LogP contribution in [-0.4, -0.2) is 76.8 Å². The molecule has 0 spiro atoms. The molecule has 1 amide bonds. The van der Waals surface area contributed by atoms with Crippen molar-refractivity contribution in [3.05, 3.63) is 72.6 Å². The van der Waals surface area contributed by atoms with E-state index in [1.807, 2.05) is 30.3 Å². The summed E-state index contributed by atoms with van der Waals surface area (Å²) in [6.07, 6.45) is 3.14. The Labute approximate surface area is 189 Å². The number of benzene rings is 2. The topological polar surface area (TPSA) is 145 Å².